The quantitative estimate of drug-likeness (QED) is 0.484. The fourth-order valence-electron chi connectivity index (χ4n) is 2.07. The molecule has 0 spiro atoms. The van der Waals surface area contributed by atoms with Gasteiger partial charge in [0.15, 0.2) is 16.6 Å². The monoisotopic (exact) mass is 329 g/mol. The Morgan fingerprint density at radius 2 is 2.09 bits per heavy atom. The SMILES string of the molecule is COc1cccc(C=NNC(N)=S)c1OCc1cccc(C)c1. The van der Waals surface area contributed by atoms with Crippen LogP contribution in [-0.2, 0) is 6.61 Å². The predicted octanol–water partition coefficient (Wildman–Crippen LogP) is 2.75. The first-order valence-electron chi connectivity index (χ1n) is 7.04. The third-order valence-corrected chi connectivity index (χ3v) is 3.16. The highest BCUT2D eigenvalue weighted by Gasteiger charge is 2.09. The van der Waals surface area contributed by atoms with Gasteiger partial charge in [-0.15, -0.1) is 0 Å². The van der Waals surface area contributed by atoms with Crippen LogP contribution in [0.25, 0.3) is 0 Å². The number of benzene rings is 2. The molecule has 0 saturated heterocycles. The molecule has 0 heterocycles. The number of nitrogens with zero attached hydrogens (tertiary/aromatic N) is 1. The van der Waals surface area contributed by atoms with Crippen molar-refractivity contribution < 1.29 is 9.47 Å². The molecule has 0 amide bonds. The summed E-state index contributed by atoms with van der Waals surface area (Å²) in [6.07, 6.45) is 1.59. The van der Waals surface area contributed by atoms with Crippen molar-refractivity contribution in [3.8, 4) is 11.5 Å². The lowest BCUT2D eigenvalue weighted by atomic mass is 10.1. The highest BCUT2D eigenvalue weighted by Crippen LogP contribution is 2.30. The van der Waals surface area contributed by atoms with Gasteiger partial charge < -0.3 is 15.2 Å². The Hall–Kier alpha value is -2.60. The standard InChI is InChI=1S/C17H19N3O2S/c1-12-5-3-6-13(9-12)11-22-16-14(10-19-20-17(18)23)7-4-8-15(16)21-2/h3-10H,11H2,1-2H3,(H3,18,20,23). The van der Waals surface area contributed by atoms with Crippen molar-refractivity contribution >= 4 is 23.5 Å². The molecule has 0 saturated carbocycles. The van der Waals surface area contributed by atoms with Crippen molar-refractivity contribution in [1.29, 1.82) is 0 Å². The maximum atomic E-state index is 5.95. The van der Waals surface area contributed by atoms with Gasteiger partial charge in [-0.2, -0.15) is 5.10 Å². The number of rotatable bonds is 6. The number of nitrogens with one attached hydrogen (secondary N) is 1. The minimum Gasteiger partial charge on any atom is -0.493 e. The second-order valence-electron chi connectivity index (χ2n) is 4.89. The second-order valence-corrected chi connectivity index (χ2v) is 5.33. The second kappa shape index (κ2) is 8.14. The van der Waals surface area contributed by atoms with E-state index in [2.05, 4.69) is 16.6 Å². The number of hydrazone groups is 1. The first kappa shape index (κ1) is 16.8. The van der Waals surface area contributed by atoms with Crippen LogP contribution in [-0.4, -0.2) is 18.4 Å². The Labute approximate surface area is 141 Å². The number of aryl methyl sites for hydroxylation is 1. The molecule has 0 unspecified atom stereocenters. The summed E-state index contributed by atoms with van der Waals surface area (Å²) < 4.78 is 11.3. The number of methoxy groups -OCH3 is 1. The molecule has 2 aromatic carbocycles. The third kappa shape index (κ3) is 4.96. The fourth-order valence-corrected chi connectivity index (χ4v) is 2.13. The van der Waals surface area contributed by atoms with Crippen molar-refractivity contribution in [3.63, 3.8) is 0 Å². The van der Waals surface area contributed by atoms with E-state index in [0.717, 1.165) is 11.1 Å². The van der Waals surface area contributed by atoms with Gasteiger partial charge >= 0.3 is 0 Å². The van der Waals surface area contributed by atoms with Crippen LogP contribution in [0.2, 0.25) is 0 Å². The van der Waals surface area contributed by atoms with Crippen LogP contribution in [0.4, 0.5) is 0 Å². The number of hydrogen-bond acceptors (Lipinski definition) is 4. The van der Waals surface area contributed by atoms with Gasteiger partial charge in [0, 0.05) is 5.56 Å². The van der Waals surface area contributed by atoms with E-state index in [1.807, 2.05) is 43.3 Å². The summed E-state index contributed by atoms with van der Waals surface area (Å²) in [4.78, 5) is 0. The van der Waals surface area contributed by atoms with E-state index in [1.54, 1.807) is 13.3 Å². The van der Waals surface area contributed by atoms with Crippen LogP contribution in [0.15, 0.2) is 47.6 Å². The number of ether oxygens (including phenoxy) is 2. The minimum atomic E-state index is 0.103. The van der Waals surface area contributed by atoms with Crippen molar-refractivity contribution in [2.75, 3.05) is 7.11 Å². The third-order valence-electron chi connectivity index (χ3n) is 3.07. The van der Waals surface area contributed by atoms with E-state index in [4.69, 9.17) is 27.4 Å². The average molecular weight is 329 g/mol. The van der Waals surface area contributed by atoms with E-state index >= 15 is 0 Å². The minimum absolute atomic E-state index is 0.103. The molecule has 0 atom stereocenters. The molecule has 2 aromatic rings. The fraction of sp³-hybridized carbons (Fsp3) is 0.176. The van der Waals surface area contributed by atoms with Gasteiger partial charge in [0.05, 0.1) is 13.3 Å². The molecule has 3 N–H and O–H groups in total. The molecule has 0 aliphatic carbocycles. The predicted molar refractivity (Wildman–Crippen MR) is 96.0 cm³/mol. The summed E-state index contributed by atoms with van der Waals surface area (Å²) in [5.74, 6) is 1.25. The Bertz CT molecular complexity index is 717. The van der Waals surface area contributed by atoms with Crippen LogP contribution in [0.3, 0.4) is 0 Å². The van der Waals surface area contributed by atoms with Crippen LogP contribution < -0.4 is 20.6 Å². The van der Waals surface area contributed by atoms with Crippen LogP contribution in [0, 0.1) is 6.92 Å². The zero-order chi connectivity index (χ0) is 16.7. The molecule has 0 aliphatic heterocycles. The van der Waals surface area contributed by atoms with Gasteiger partial charge in [-0.1, -0.05) is 35.9 Å². The van der Waals surface area contributed by atoms with Gasteiger partial charge in [-0.25, -0.2) is 0 Å². The van der Waals surface area contributed by atoms with Crippen molar-refractivity contribution in [1.82, 2.24) is 5.43 Å². The summed E-state index contributed by atoms with van der Waals surface area (Å²) in [5.41, 5.74) is 10.9. The highest BCUT2D eigenvalue weighted by molar-refractivity contribution is 7.80. The lowest BCUT2D eigenvalue weighted by Crippen LogP contribution is -2.24. The Balaban J connectivity index is 2.21. The van der Waals surface area contributed by atoms with Crippen LogP contribution >= 0.6 is 12.2 Å². The molecular formula is C17H19N3O2S. The Morgan fingerprint density at radius 1 is 1.30 bits per heavy atom. The number of thiocarbonyl (C=S) groups is 1. The van der Waals surface area contributed by atoms with Gasteiger partial charge in [0.2, 0.25) is 0 Å². The van der Waals surface area contributed by atoms with Gasteiger partial charge in [-0.3, -0.25) is 5.43 Å². The summed E-state index contributed by atoms with van der Waals surface area (Å²) in [7, 11) is 1.60. The maximum absolute atomic E-state index is 5.95. The van der Waals surface area contributed by atoms with Crippen molar-refractivity contribution in [2.45, 2.75) is 13.5 Å². The lowest BCUT2D eigenvalue weighted by Gasteiger charge is -2.13. The summed E-state index contributed by atoms with van der Waals surface area (Å²) in [6.45, 7) is 2.48. The smallest absolute Gasteiger partial charge is 0.184 e. The molecule has 23 heavy (non-hydrogen) atoms. The number of hydrogen-bond donors (Lipinski definition) is 2. The summed E-state index contributed by atoms with van der Waals surface area (Å²) in [6, 6.07) is 13.7. The summed E-state index contributed by atoms with van der Waals surface area (Å²) >= 11 is 4.72. The Kier molecular flexibility index (Phi) is 5.94. The van der Waals surface area contributed by atoms with Crippen molar-refractivity contribution in [2.24, 2.45) is 10.8 Å². The van der Waals surface area contributed by atoms with Crippen LogP contribution in [0.5, 0.6) is 11.5 Å². The molecule has 0 aliphatic rings. The largest absolute Gasteiger partial charge is 0.493 e. The molecule has 120 valence electrons. The van der Waals surface area contributed by atoms with E-state index in [1.165, 1.54) is 5.56 Å². The zero-order valence-corrected chi connectivity index (χ0v) is 13.9. The number of nitrogens with two attached hydrogens (primary N) is 1. The van der Waals surface area contributed by atoms with E-state index in [9.17, 15) is 0 Å². The van der Waals surface area contributed by atoms with Crippen LogP contribution in [0.1, 0.15) is 16.7 Å². The Morgan fingerprint density at radius 3 is 2.78 bits per heavy atom. The highest BCUT2D eigenvalue weighted by atomic mass is 32.1. The first-order valence-corrected chi connectivity index (χ1v) is 7.45. The topological polar surface area (TPSA) is 68.9 Å². The van der Waals surface area contributed by atoms with E-state index < -0.39 is 0 Å². The normalized spacial score (nSPS) is 10.5. The van der Waals surface area contributed by atoms with E-state index in [-0.39, 0.29) is 5.11 Å². The molecular weight excluding hydrogens is 310 g/mol. The molecule has 0 radical (unpaired) electrons. The maximum Gasteiger partial charge on any atom is 0.184 e. The lowest BCUT2D eigenvalue weighted by molar-refractivity contribution is 0.284. The molecule has 0 aromatic heterocycles. The van der Waals surface area contributed by atoms with Crippen molar-refractivity contribution in [3.05, 3.63) is 59.2 Å². The zero-order valence-electron chi connectivity index (χ0n) is 13.1. The average Bonchev–Trinajstić information content (AvgIpc) is 2.53. The van der Waals surface area contributed by atoms with Gasteiger partial charge in [-0.05, 0) is 36.8 Å². The first-order chi connectivity index (χ1) is 11.1. The van der Waals surface area contributed by atoms with Gasteiger partial charge in [0.25, 0.3) is 0 Å². The molecule has 6 heteroatoms. The molecule has 0 fully saturated rings. The number of para-hydroxylation sites is 1. The van der Waals surface area contributed by atoms with E-state index in [0.29, 0.717) is 18.1 Å². The van der Waals surface area contributed by atoms with Gasteiger partial charge in [0.1, 0.15) is 6.61 Å². The molecule has 0 bridgehead atoms. The molecule has 2 rings (SSSR count). The summed E-state index contributed by atoms with van der Waals surface area (Å²) in [5, 5.41) is 4.07. The molecule has 5 nitrogen and oxygen atoms in total.